The first kappa shape index (κ1) is 20.8. The summed E-state index contributed by atoms with van der Waals surface area (Å²) in [6, 6.07) is 19.0. The molecule has 2 aliphatic heterocycles. The van der Waals surface area contributed by atoms with Crippen LogP contribution in [0.2, 0.25) is 0 Å². The summed E-state index contributed by atoms with van der Waals surface area (Å²) in [6.07, 6.45) is 3.09. The maximum Gasteiger partial charge on any atom is 0.282 e. The molecule has 1 aromatic heterocycles. The number of carbonyl (C=O) groups excluding carboxylic acids is 2. The van der Waals surface area contributed by atoms with Gasteiger partial charge in [-0.05, 0) is 29.7 Å². The Balaban J connectivity index is 1.17. The molecule has 3 heterocycles. The zero-order valence-electron chi connectivity index (χ0n) is 17.9. The highest BCUT2D eigenvalue weighted by Crippen LogP contribution is 2.26. The number of anilines is 1. The normalized spacial score (nSPS) is 19.5. The molecule has 2 amide bonds. The van der Waals surface area contributed by atoms with Crippen LogP contribution in [-0.2, 0) is 11.2 Å². The van der Waals surface area contributed by atoms with E-state index in [0.29, 0.717) is 31.1 Å². The van der Waals surface area contributed by atoms with E-state index in [4.69, 9.17) is 0 Å². The van der Waals surface area contributed by atoms with Crippen molar-refractivity contribution in [1.82, 2.24) is 14.8 Å². The van der Waals surface area contributed by atoms with E-state index in [1.165, 1.54) is 22.5 Å². The van der Waals surface area contributed by atoms with Crippen molar-refractivity contribution < 1.29 is 9.59 Å². The predicted octanol–water partition coefficient (Wildman–Crippen LogP) is 3.30. The van der Waals surface area contributed by atoms with E-state index in [2.05, 4.69) is 58.4 Å². The van der Waals surface area contributed by atoms with Gasteiger partial charge in [0.2, 0.25) is 5.91 Å². The van der Waals surface area contributed by atoms with Crippen LogP contribution in [0, 0.1) is 0 Å². The smallest absolute Gasteiger partial charge is 0.282 e. The highest BCUT2D eigenvalue weighted by molar-refractivity contribution is 7.11. The minimum atomic E-state index is 0.0133. The van der Waals surface area contributed by atoms with Crippen molar-refractivity contribution in [2.24, 2.45) is 0 Å². The number of nitrogens with zero attached hydrogens (tertiary/aromatic N) is 4. The van der Waals surface area contributed by atoms with Gasteiger partial charge in [-0.3, -0.25) is 14.5 Å². The lowest BCUT2D eigenvalue weighted by atomic mass is 10.0. The number of amides is 2. The van der Waals surface area contributed by atoms with Gasteiger partial charge in [0.15, 0.2) is 5.01 Å². The average molecular weight is 447 g/mol. The van der Waals surface area contributed by atoms with E-state index >= 15 is 0 Å². The van der Waals surface area contributed by atoms with Gasteiger partial charge in [-0.25, -0.2) is 4.98 Å². The first-order valence-corrected chi connectivity index (χ1v) is 11.9. The van der Waals surface area contributed by atoms with E-state index in [1.807, 2.05) is 21.2 Å². The van der Waals surface area contributed by atoms with Gasteiger partial charge in [0.1, 0.15) is 0 Å². The van der Waals surface area contributed by atoms with Crippen LogP contribution in [0.5, 0.6) is 0 Å². The highest BCUT2D eigenvalue weighted by atomic mass is 32.1. The lowest BCUT2D eigenvalue weighted by Gasteiger charge is -2.37. The minimum Gasteiger partial charge on any atom is -0.334 e. The molecule has 1 unspecified atom stereocenters. The van der Waals surface area contributed by atoms with Crippen molar-refractivity contribution in [1.29, 1.82) is 0 Å². The van der Waals surface area contributed by atoms with E-state index in [1.54, 1.807) is 6.20 Å². The van der Waals surface area contributed by atoms with Crippen molar-refractivity contribution in [3.8, 4) is 0 Å². The van der Waals surface area contributed by atoms with Crippen LogP contribution >= 0.6 is 11.3 Å². The Hall–Kier alpha value is -3.03. The third-order valence-electron chi connectivity index (χ3n) is 6.34. The Labute approximate surface area is 192 Å². The van der Waals surface area contributed by atoms with Gasteiger partial charge < -0.3 is 9.80 Å². The topological polar surface area (TPSA) is 56.8 Å². The van der Waals surface area contributed by atoms with Gasteiger partial charge in [0.25, 0.3) is 5.91 Å². The summed E-state index contributed by atoms with van der Waals surface area (Å²) in [5.74, 6) is 0.187. The average Bonchev–Trinajstić information content (AvgIpc) is 3.50. The molecule has 2 aromatic carbocycles. The first-order valence-electron chi connectivity index (χ1n) is 11.0. The molecule has 32 heavy (non-hydrogen) atoms. The molecule has 7 heteroatoms. The van der Waals surface area contributed by atoms with Crippen LogP contribution in [0.3, 0.4) is 0 Å². The van der Waals surface area contributed by atoms with E-state index in [9.17, 15) is 9.59 Å². The van der Waals surface area contributed by atoms with Crippen molar-refractivity contribution in [3.63, 3.8) is 0 Å². The van der Waals surface area contributed by atoms with Crippen LogP contribution in [-0.4, -0.2) is 65.4 Å². The summed E-state index contributed by atoms with van der Waals surface area (Å²) >= 11 is 1.38. The van der Waals surface area contributed by atoms with Crippen molar-refractivity contribution in [3.05, 3.63) is 82.3 Å². The van der Waals surface area contributed by atoms with Gasteiger partial charge >= 0.3 is 0 Å². The molecule has 2 fully saturated rings. The third-order valence-corrected chi connectivity index (χ3v) is 7.10. The van der Waals surface area contributed by atoms with Gasteiger partial charge in [0, 0.05) is 62.5 Å². The first-order chi connectivity index (χ1) is 15.7. The second kappa shape index (κ2) is 9.22. The number of benzene rings is 2. The van der Waals surface area contributed by atoms with Gasteiger partial charge in [0.05, 0.1) is 0 Å². The summed E-state index contributed by atoms with van der Waals surface area (Å²) in [5.41, 5.74) is 3.49. The summed E-state index contributed by atoms with van der Waals surface area (Å²) in [6.45, 7) is 3.64. The molecule has 164 valence electrons. The SMILES string of the molecule is O=C(c1nccs1)N1CCN(C2CC(=O)N(c3ccc(Cc4ccccc4)cc3)C2)CC1. The zero-order chi connectivity index (χ0) is 21.9. The Morgan fingerprint density at radius 1 is 0.969 bits per heavy atom. The number of aromatic nitrogens is 1. The predicted molar refractivity (Wildman–Crippen MR) is 126 cm³/mol. The van der Waals surface area contributed by atoms with Crippen molar-refractivity contribution >= 4 is 28.8 Å². The monoisotopic (exact) mass is 446 g/mol. The second-order valence-corrected chi connectivity index (χ2v) is 9.25. The maximum absolute atomic E-state index is 12.8. The molecule has 2 saturated heterocycles. The van der Waals surface area contributed by atoms with Crippen molar-refractivity contribution in [2.45, 2.75) is 18.9 Å². The third kappa shape index (κ3) is 4.45. The number of hydrogen-bond donors (Lipinski definition) is 0. The summed E-state index contributed by atoms with van der Waals surface area (Å²) < 4.78 is 0. The molecule has 0 spiro atoms. The van der Waals surface area contributed by atoms with Crippen LogP contribution in [0.25, 0.3) is 0 Å². The fourth-order valence-corrected chi connectivity index (χ4v) is 5.16. The minimum absolute atomic E-state index is 0.0133. The largest absolute Gasteiger partial charge is 0.334 e. The molecule has 6 nitrogen and oxygen atoms in total. The Morgan fingerprint density at radius 2 is 1.69 bits per heavy atom. The molecule has 0 N–H and O–H groups in total. The zero-order valence-corrected chi connectivity index (χ0v) is 18.7. The van der Waals surface area contributed by atoms with E-state index in [-0.39, 0.29) is 17.9 Å². The number of thiazole rings is 1. The van der Waals surface area contributed by atoms with E-state index < -0.39 is 0 Å². The van der Waals surface area contributed by atoms with Gasteiger partial charge in [-0.1, -0.05) is 42.5 Å². The number of hydrogen-bond acceptors (Lipinski definition) is 5. The van der Waals surface area contributed by atoms with E-state index in [0.717, 1.165) is 25.2 Å². The van der Waals surface area contributed by atoms with Gasteiger partial charge in [-0.15, -0.1) is 11.3 Å². The molecular weight excluding hydrogens is 420 g/mol. The number of carbonyl (C=O) groups is 2. The van der Waals surface area contributed by atoms with Gasteiger partial charge in [-0.2, -0.15) is 0 Å². The number of rotatable bonds is 5. The second-order valence-electron chi connectivity index (χ2n) is 8.36. The standard InChI is InChI=1S/C25H26N4O2S/c30-23-17-22(27-11-13-28(14-12-27)25(31)24-26-10-15-32-24)18-29(23)21-8-6-20(7-9-21)16-19-4-2-1-3-5-19/h1-10,15,22H,11-14,16-18H2. The lowest BCUT2D eigenvalue weighted by molar-refractivity contribution is -0.117. The summed E-state index contributed by atoms with van der Waals surface area (Å²) in [5, 5.41) is 2.38. The quantitative estimate of drug-likeness (QED) is 0.604. The maximum atomic E-state index is 12.8. The lowest BCUT2D eigenvalue weighted by Crippen LogP contribution is -2.52. The fraction of sp³-hybridized carbons (Fsp3) is 0.320. The van der Waals surface area contributed by atoms with Crippen LogP contribution in [0.1, 0.15) is 27.3 Å². The molecule has 2 aliphatic rings. The molecule has 5 rings (SSSR count). The molecular formula is C25H26N4O2S. The Bertz CT molecular complexity index is 1060. The molecule has 1 atom stereocenters. The Kier molecular flexibility index (Phi) is 6.01. The molecule has 3 aromatic rings. The molecule has 0 bridgehead atoms. The van der Waals surface area contributed by atoms with Crippen LogP contribution in [0.4, 0.5) is 5.69 Å². The van der Waals surface area contributed by atoms with Crippen LogP contribution < -0.4 is 4.90 Å². The Morgan fingerprint density at radius 3 is 2.38 bits per heavy atom. The highest BCUT2D eigenvalue weighted by Gasteiger charge is 2.36. The summed E-state index contributed by atoms with van der Waals surface area (Å²) in [7, 11) is 0. The molecule has 0 saturated carbocycles. The fourth-order valence-electron chi connectivity index (χ4n) is 4.56. The molecule has 0 radical (unpaired) electrons. The summed E-state index contributed by atoms with van der Waals surface area (Å²) in [4.78, 5) is 35.5. The van der Waals surface area contributed by atoms with Crippen LogP contribution in [0.15, 0.2) is 66.2 Å². The molecule has 0 aliphatic carbocycles. The van der Waals surface area contributed by atoms with Crippen molar-refractivity contribution in [2.75, 3.05) is 37.6 Å². The number of piperazine rings is 1.